The van der Waals surface area contributed by atoms with E-state index in [9.17, 15) is 9.50 Å². The van der Waals surface area contributed by atoms with E-state index in [2.05, 4.69) is 17.1 Å². The summed E-state index contributed by atoms with van der Waals surface area (Å²) in [5.74, 6) is 0.0559. The zero-order chi connectivity index (χ0) is 13.1. The fourth-order valence-electron chi connectivity index (χ4n) is 2.55. The Balaban J connectivity index is 2.22. The second kappa shape index (κ2) is 5.67. The van der Waals surface area contributed by atoms with Gasteiger partial charge in [0, 0.05) is 25.3 Å². The van der Waals surface area contributed by atoms with E-state index in [1.807, 2.05) is 13.1 Å². The van der Waals surface area contributed by atoms with Crippen LogP contribution in [-0.4, -0.2) is 31.3 Å². The van der Waals surface area contributed by atoms with Crippen LogP contribution in [0.3, 0.4) is 0 Å². The molecule has 4 heteroatoms. The number of hydrogen-bond donors (Lipinski definition) is 2. The Morgan fingerprint density at radius 1 is 1.50 bits per heavy atom. The number of aliphatic hydroxyl groups excluding tert-OH is 1. The Labute approximate surface area is 108 Å². The van der Waals surface area contributed by atoms with E-state index < -0.39 is 0 Å². The van der Waals surface area contributed by atoms with Crippen molar-refractivity contribution in [3.05, 3.63) is 29.6 Å². The van der Waals surface area contributed by atoms with Crippen molar-refractivity contribution in [3.63, 3.8) is 0 Å². The molecule has 0 amide bonds. The molecule has 0 aliphatic carbocycles. The smallest absolute Gasteiger partial charge is 0.123 e. The molecule has 1 aromatic carbocycles. The molecule has 18 heavy (non-hydrogen) atoms. The molecule has 0 saturated carbocycles. The highest BCUT2D eigenvalue weighted by atomic mass is 19.1. The summed E-state index contributed by atoms with van der Waals surface area (Å²) in [5, 5.41) is 12.8. The Hall–Kier alpha value is -1.13. The lowest BCUT2D eigenvalue weighted by molar-refractivity contribution is 0.0970. The van der Waals surface area contributed by atoms with Crippen LogP contribution in [0.4, 0.5) is 10.1 Å². The van der Waals surface area contributed by atoms with Gasteiger partial charge in [-0.2, -0.15) is 0 Å². The molecule has 1 heterocycles. The lowest BCUT2D eigenvalue weighted by Crippen LogP contribution is -2.42. The average molecular weight is 252 g/mol. The van der Waals surface area contributed by atoms with E-state index in [1.54, 1.807) is 6.07 Å². The minimum Gasteiger partial charge on any atom is -0.393 e. The summed E-state index contributed by atoms with van der Waals surface area (Å²) in [7, 11) is 1.86. The third-order valence-electron chi connectivity index (χ3n) is 3.61. The van der Waals surface area contributed by atoms with Crippen molar-refractivity contribution in [1.29, 1.82) is 0 Å². The maximum Gasteiger partial charge on any atom is 0.123 e. The van der Waals surface area contributed by atoms with Gasteiger partial charge in [-0.25, -0.2) is 4.39 Å². The lowest BCUT2D eigenvalue weighted by atomic mass is 9.95. The summed E-state index contributed by atoms with van der Waals surface area (Å²) in [6.45, 7) is 4.36. The first-order valence-electron chi connectivity index (χ1n) is 6.48. The number of hydrogen-bond acceptors (Lipinski definition) is 3. The van der Waals surface area contributed by atoms with E-state index >= 15 is 0 Å². The molecule has 0 aromatic heterocycles. The molecule has 1 fully saturated rings. The van der Waals surface area contributed by atoms with Crippen LogP contribution in [0.1, 0.15) is 18.9 Å². The summed E-state index contributed by atoms with van der Waals surface area (Å²) in [6.07, 6.45) is 0.562. The monoisotopic (exact) mass is 252 g/mol. The van der Waals surface area contributed by atoms with Crippen LogP contribution in [0.25, 0.3) is 0 Å². The minimum atomic E-state index is -0.213. The van der Waals surface area contributed by atoms with Gasteiger partial charge in [-0.05, 0) is 43.1 Å². The number of piperidine rings is 1. The van der Waals surface area contributed by atoms with Crippen molar-refractivity contribution in [2.24, 2.45) is 5.92 Å². The third-order valence-corrected chi connectivity index (χ3v) is 3.61. The van der Waals surface area contributed by atoms with Crippen molar-refractivity contribution in [2.75, 3.05) is 25.0 Å². The zero-order valence-corrected chi connectivity index (χ0v) is 11.0. The maximum absolute atomic E-state index is 13.3. The topological polar surface area (TPSA) is 35.5 Å². The number of halogens is 1. The third kappa shape index (κ3) is 2.82. The Morgan fingerprint density at radius 3 is 2.94 bits per heavy atom. The molecule has 3 nitrogen and oxygen atoms in total. The number of nitrogens with zero attached hydrogens (tertiary/aromatic N) is 1. The fourth-order valence-corrected chi connectivity index (χ4v) is 2.55. The SMILES string of the molecule is CNCc1cc(F)ccc1N1CCC(O)C(C)C1. The fraction of sp³-hybridized carbons (Fsp3) is 0.571. The van der Waals surface area contributed by atoms with Crippen LogP contribution in [0.15, 0.2) is 18.2 Å². The van der Waals surface area contributed by atoms with Gasteiger partial charge in [0.25, 0.3) is 0 Å². The predicted octanol–water partition coefficient (Wildman–Crippen LogP) is 1.75. The molecule has 1 saturated heterocycles. The van der Waals surface area contributed by atoms with Gasteiger partial charge in [-0.3, -0.25) is 0 Å². The minimum absolute atomic E-state index is 0.200. The second-order valence-corrected chi connectivity index (χ2v) is 5.08. The van der Waals surface area contributed by atoms with Gasteiger partial charge < -0.3 is 15.3 Å². The normalized spacial score (nSPS) is 24.3. The summed E-state index contributed by atoms with van der Waals surface area (Å²) in [6, 6.07) is 4.93. The highest BCUT2D eigenvalue weighted by Gasteiger charge is 2.25. The van der Waals surface area contributed by atoms with E-state index in [0.29, 0.717) is 6.54 Å². The van der Waals surface area contributed by atoms with Gasteiger partial charge in [0.1, 0.15) is 5.82 Å². The highest BCUT2D eigenvalue weighted by molar-refractivity contribution is 5.54. The largest absolute Gasteiger partial charge is 0.393 e. The second-order valence-electron chi connectivity index (χ2n) is 5.08. The van der Waals surface area contributed by atoms with E-state index in [-0.39, 0.29) is 17.8 Å². The van der Waals surface area contributed by atoms with Gasteiger partial charge in [0.2, 0.25) is 0 Å². The molecule has 0 bridgehead atoms. The van der Waals surface area contributed by atoms with Crippen LogP contribution in [-0.2, 0) is 6.54 Å². The Morgan fingerprint density at radius 2 is 2.28 bits per heavy atom. The van der Waals surface area contributed by atoms with Crippen molar-refractivity contribution < 1.29 is 9.50 Å². The average Bonchev–Trinajstić information content (AvgIpc) is 2.34. The standard InChI is InChI=1S/C14H21FN2O/c1-10-9-17(6-5-14(10)18)13-4-3-12(15)7-11(13)8-16-2/h3-4,7,10,14,16,18H,5-6,8-9H2,1-2H3. The number of aliphatic hydroxyl groups is 1. The summed E-state index contributed by atoms with van der Waals surface area (Å²) in [4.78, 5) is 2.24. The van der Waals surface area contributed by atoms with Gasteiger partial charge in [0.15, 0.2) is 0 Å². The van der Waals surface area contributed by atoms with Gasteiger partial charge in [-0.15, -0.1) is 0 Å². The first-order chi connectivity index (χ1) is 8.61. The molecule has 1 aromatic rings. The highest BCUT2D eigenvalue weighted by Crippen LogP contribution is 2.27. The number of rotatable bonds is 3. The van der Waals surface area contributed by atoms with E-state index in [0.717, 1.165) is 30.8 Å². The lowest BCUT2D eigenvalue weighted by Gasteiger charge is -2.37. The summed E-state index contributed by atoms with van der Waals surface area (Å²) >= 11 is 0. The molecule has 100 valence electrons. The van der Waals surface area contributed by atoms with E-state index in [4.69, 9.17) is 0 Å². The van der Waals surface area contributed by atoms with Crippen molar-refractivity contribution in [3.8, 4) is 0 Å². The first-order valence-corrected chi connectivity index (χ1v) is 6.48. The Kier molecular flexibility index (Phi) is 4.19. The number of anilines is 1. The van der Waals surface area contributed by atoms with Crippen molar-refractivity contribution in [1.82, 2.24) is 5.32 Å². The van der Waals surface area contributed by atoms with E-state index in [1.165, 1.54) is 6.07 Å². The molecule has 0 radical (unpaired) electrons. The maximum atomic E-state index is 13.3. The van der Waals surface area contributed by atoms with Crippen molar-refractivity contribution >= 4 is 5.69 Å². The summed E-state index contributed by atoms with van der Waals surface area (Å²) < 4.78 is 13.3. The van der Waals surface area contributed by atoms with Gasteiger partial charge in [0.05, 0.1) is 6.10 Å². The number of nitrogens with one attached hydrogen (secondary N) is 1. The molecular formula is C14H21FN2O. The van der Waals surface area contributed by atoms with Crippen LogP contribution in [0, 0.1) is 11.7 Å². The first kappa shape index (κ1) is 13.3. The van der Waals surface area contributed by atoms with Crippen LogP contribution < -0.4 is 10.2 Å². The molecule has 1 aliphatic heterocycles. The quantitative estimate of drug-likeness (QED) is 0.860. The molecule has 2 rings (SSSR count). The zero-order valence-electron chi connectivity index (χ0n) is 11.0. The number of benzene rings is 1. The molecule has 1 aliphatic rings. The van der Waals surface area contributed by atoms with Crippen LogP contribution >= 0.6 is 0 Å². The van der Waals surface area contributed by atoms with Gasteiger partial charge >= 0.3 is 0 Å². The molecule has 0 spiro atoms. The van der Waals surface area contributed by atoms with Crippen LogP contribution in [0.5, 0.6) is 0 Å². The molecular weight excluding hydrogens is 231 g/mol. The molecule has 2 unspecified atom stereocenters. The predicted molar refractivity (Wildman–Crippen MR) is 71.2 cm³/mol. The van der Waals surface area contributed by atoms with Crippen LogP contribution in [0.2, 0.25) is 0 Å². The molecule has 2 atom stereocenters. The Bertz CT molecular complexity index is 411. The summed E-state index contributed by atoms with van der Waals surface area (Å²) in [5.41, 5.74) is 2.05. The van der Waals surface area contributed by atoms with Gasteiger partial charge in [-0.1, -0.05) is 6.92 Å². The molecule has 2 N–H and O–H groups in total. The van der Waals surface area contributed by atoms with Crippen molar-refractivity contribution in [2.45, 2.75) is 26.0 Å².